The zero-order chi connectivity index (χ0) is 18.4. The summed E-state index contributed by atoms with van der Waals surface area (Å²) < 4.78 is 0. The minimum Gasteiger partial charge on any atom is -0.372 e. The van der Waals surface area contributed by atoms with Crippen LogP contribution in [0.2, 0.25) is 0 Å². The van der Waals surface area contributed by atoms with E-state index in [1.54, 1.807) is 12.1 Å². The van der Waals surface area contributed by atoms with Crippen molar-refractivity contribution in [3.05, 3.63) is 42.1 Å². The molecule has 1 aromatic carbocycles. The van der Waals surface area contributed by atoms with Gasteiger partial charge in [0.25, 0.3) is 5.91 Å². The molecule has 0 unspecified atom stereocenters. The lowest BCUT2D eigenvalue weighted by molar-refractivity contribution is 0.102. The lowest BCUT2D eigenvalue weighted by atomic mass is 10.1. The minimum absolute atomic E-state index is 0.250. The van der Waals surface area contributed by atoms with Crippen LogP contribution in [0.1, 0.15) is 43.6 Å². The molecule has 3 rings (SSSR count). The van der Waals surface area contributed by atoms with Gasteiger partial charge in [-0.3, -0.25) is 4.79 Å². The smallest absolute Gasteiger partial charge is 0.276 e. The van der Waals surface area contributed by atoms with Gasteiger partial charge in [0.15, 0.2) is 5.69 Å². The summed E-state index contributed by atoms with van der Waals surface area (Å²) >= 11 is 0. The predicted octanol–water partition coefficient (Wildman–Crippen LogP) is 3.79. The summed E-state index contributed by atoms with van der Waals surface area (Å²) in [5.74, 6) is 1.08. The summed E-state index contributed by atoms with van der Waals surface area (Å²) in [6.45, 7) is 7.43. The molecule has 0 radical (unpaired) electrons. The molecule has 0 saturated carbocycles. The number of amides is 1. The van der Waals surface area contributed by atoms with Crippen LogP contribution in [0.25, 0.3) is 0 Å². The fraction of sp³-hybridized carbons (Fsp3) is 0.450. The first-order chi connectivity index (χ1) is 12.6. The van der Waals surface area contributed by atoms with Crippen LogP contribution < -0.4 is 15.5 Å². The number of hydrogen-bond donors (Lipinski definition) is 2. The highest BCUT2D eigenvalue weighted by atomic mass is 16.1. The molecule has 0 bridgehead atoms. The molecule has 0 spiro atoms. The van der Waals surface area contributed by atoms with Crippen LogP contribution in [0.15, 0.2) is 36.4 Å². The Labute approximate surface area is 155 Å². The van der Waals surface area contributed by atoms with E-state index in [-0.39, 0.29) is 5.91 Å². The van der Waals surface area contributed by atoms with Crippen molar-refractivity contribution in [2.24, 2.45) is 5.92 Å². The van der Waals surface area contributed by atoms with E-state index in [0.29, 0.717) is 17.4 Å². The van der Waals surface area contributed by atoms with Crippen LogP contribution in [0.3, 0.4) is 0 Å². The van der Waals surface area contributed by atoms with Crippen molar-refractivity contribution >= 4 is 23.1 Å². The summed E-state index contributed by atoms with van der Waals surface area (Å²) in [5.41, 5.74) is 2.28. The SMILES string of the molecule is CC(C)CCNc1ccc(C(=O)Nc2ccc(N3CCCC3)cc2)nn1. The number of hydrogen-bond acceptors (Lipinski definition) is 5. The third-order valence-corrected chi connectivity index (χ3v) is 4.52. The number of aromatic nitrogens is 2. The van der Waals surface area contributed by atoms with E-state index in [1.807, 2.05) is 24.3 Å². The Kier molecular flexibility index (Phi) is 6.04. The fourth-order valence-corrected chi connectivity index (χ4v) is 2.96. The van der Waals surface area contributed by atoms with E-state index in [2.05, 4.69) is 39.6 Å². The minimum atomic E-state index is -0.250. The van der Waals surface area contributed by atoms with Gasteiger partial charge in [0, 0.05) is 31.0 Å². The van der Waals surface area contributed by atoms with E-state index < -0.39 is 0 Å². The lowest BCUT2D eigenvalue weighted by Gasteiger charge is -2.17. The second-order valence-electron chi connectivity index (χ2n) is 7.11. The van der Waals surface area contributed by atoms with Gasteiger partial charge < -0.3 is 15.5 Å². The van der Waals surface area contributed by atoms with Crippen LogP contribution >= 0.6 is 0 Å². The molecule has 1 saturated heterocycles. The van der Waals surface area contributed by atoms with Crippen molar-refractivity contribution < 1.29 is 4.79 Å². The molecular formula is C20H27N5O. The number of carbonyl (C=O) groups excluding carboxylic acids is 1. The zero-order valence-electron chi connectivity index (χ0n) is 15.5. The molecule has 1 aromatic heterocycles. The highest BCUT2D eigenvalue weighted by Crippen LogP contribution is 2.22. The molecule has 2 heterocycles. The molecule has 1 amide bonds. The second-order valence-corrected chi connectivity index (χ2v) is 7.11. The molecule has 1 aliphatic heterocycles. The fourth-order valence-electron chi connectivity index (χ4n) is 2.96. The van der Waals surface area contributed by atoms with E-state index >= 15 is 0 Å². The molecule has 6 nitrogen and oxygen atoms in total. The van der Waals surface area contributed by atoms with Gasteiger partial charge >= 0.3 is 0 Å². The molecule has 1 aliphatic rings. The first-order valence-corrected chi connectivity index (χ1v) is 9.36. The van der Waals surface area contributed by atoms with Gasteiger partial charge in [-0.2, -0.15) is 0 Å². The Bertz CT molecular complexity index is 706. The molecule has 0 atom stereocenters. The first kappa shape index (κ1) is 18.2. The van der Waals surface area contributed by atoms with Gasteiger partial charge in [0.2, 0.25) is 0 Å². The van der Waals surface area contributed by atoms with Crippen LogP contribution in [0, 0.1) is 5.92 Å². The number of carbonyl (C=O) groups is 1. The summed E-state index contributed by atoms with van der Waals surface area (Å²) in [7, 11) is 0. The van der Waals surface area contributed by atoms with Gasteiger partial charge in [-0.05, 0) is 61.6 Å². The topological polar surface area (TPSA) is 70.2 Å². The summed E-state index contributed by atoms with van der Waals surface area (Å²) in [6, 6.07) is 11.4. The molecule has 2 N–H and O–H groups in total. The monoisotopic (exact) mass is 353 g/mol. The van der Waals surface area contributed by atoms with E-state index in [4.69, 9.17) is 0 Å². The van der Waals surface area contributed by atoms with Crippen LogP contribution in [0.4, 0.5) is 17.2 Å². The van der Waals surface area contributed by atoms with Gasteiger partial charge in [0.05, 0.1) is 0 Å². The maximum atomic E-state index is 12.3. The van der Waals surface area contributed by atoms with Crippen LogP contribution in [0.5, 0.6) is 0 Å². The molecule has 0 aliphatic carbocycles. The third-order valence-electron chi connectivity index (χ3n) is 4.52. The average molecular weight is 353 g/mol. The van der Waals surface area contributed by atoms with Crippen molar-refractivity contribution in [1.29, 1.82) is 0 Å². The van der Waals surface area contributed by atoms with Gasteiger partial charge in [-0.25, -0.2) is 0 Å². The number of rotatable bonds is 7. The maximum absolute atomic E-state index is 12.3. The molecule has 1 fully saturated rings. The Hall–Kier alpha value is -2.63. The maximum Gasteiger partial charge on any atom is 0.276 e. The number of benzene rings is 1. The highest BCUT2D eigenvalue weighted by Gasteiger charge is 2.13. The van der Waals surface area contributed by atoms with Gasteiger partial charge in [-0.15, -0.1) is 10.2 Å². The number of nitrogens with one attached hydrogen (secondary N) is 2. The van der Waals surface area contributed by atoms with Crippen LogP contribution in [-0.4, -0.2) is 35.7 Å². The Morgan fingerprint density at radius 3 is 2.42 bits per heavy atom. The predicted molar refractivity (Wildman–Crippen MR) is 106 cm³/mol. The summed E-state index contributed by atoms with van der Waals surface area (Å²) in [5, 5.41) is 14.2. The van der Waals surface area contributed by atoms with Gasteiger partial charge in [0.1, 0.15) is 5.82 Å². The number of anilines is 3. The number of nitrogens with zero attached hydrogens (tertiary/aromatic N) is 3. The van der Waals surface area contributed by atoms with Crippen molar-refractivity contribution in [1.82, 2.24) is 10.2 Å². The zero-order valence-corrected chi connectivity index (χ0v) is 15.5. The van der Waals surface area contributed by atoms with E-state index in [1.165, 1.54) is 18.5 Å². The summed E-state index contributed by atoms with van der Waals surface area (Å²) in [4.78, 5) is 14.7. The van der Waals surface area contributed by atoms with E-state index in [0.717, 1.165) is 31.7 Å². The second kappa shape index (κ2) is 8.65. The largest absolute Gasteiger partial charge is 0.372 e. The quantitative estimate of drug-likeness (QED) is 0.792. The van der Waals surface area contributed by atoms with Crippen LogP contribution in [-0.2, 0) is 0 Å². The van der Waals surface area contributed by atoms with Crippen molar-refractivity contribution in [3.8, 4) is 0 Å². The lowest BCUT2D eigenvalue weighted by Crippen LogP contribution is -2.18. The highest BCUT2D eigenvalue weighted by molar-refractivity contribution is 6.02. The first-order valence-electron chi connectivity index (χ1n) is 9.36. The Morgan fingerprint density at radius 1 is 1.08 bits per heavy atom. The molecule has 6 heteroatoms. The van der Waals surface area contributed by atoms with Crippen molar-refractivity contribution in [3.63, 3.8) is 0 Å². The molecule has 138 valence electrons. The normalized spacial score (nSPS) is 13.9. The summed E-state index contributed by atoms with van der Waals surface area (Å²) in [6.07, 6.45) is 3.57. The Morgan fingerprint density at radius 2 is 1.81 bits per heavy atom. The molecule has 2 aromatic rings. The average Bonchev–Trinajstić information content (AvgIpc) is 3.17. The third kappa shape index (κ3) is 4.94. The van der Waals surface area contributed by atoms with E-state index in [9.17, 15) is 4.79 Å². The van der Waals surface area contributed by atoms with Gasteiger partial charge in [-0.1, -0.05) is 13.8 Å². The molecule has 26 heavy (non-hydrogen) atoms. The standard InChI is InChI=1S/C20H27N5O/c1-15(2)11-12-21-19-10-9-18(23-24-19)20(26)22-16-5-7-17(8-6-16)25-13-3-4-14-25/h5-10,15H,3-4,11-14H2,1-2H3,(H,21,24)(H,22,26). The van der Waals surface area contributed by atoms with Crippen molar-refractivity contribution in [2.45, 2.75) is 33.1 Å². The Balaban J connectivity index is 1.54. The van der Waals surface area contributed by atoms with Crippen molar-refractivity contribution in [2.75, 3.05) is 35.2 Å². The molecular weight excluding hydrogens is 326 g/mol.